The molecule has 0 bridgehead atoms. The molecule has 0 atom stereocenters. The first-order chi connectivity index (χ1) is 9.52. The lowest BCUT2D eigenvalue weighted by molar-refractivity contribution is 0.597. The molecule has 0 saturated carbocycles. The third-order valence-corrected chi connectivity index (χ3v) is 3.38. The molecular weight excluding hydrogens is 330 g/mol. The Morgan fingerprint density at radius 2 is 1.95 bits per heavy atom. The van der Waals surface area contributed by atoms with E-state index < -0.39 is 11.6 Å². The Morgan fingerprint density at radius 3 is 2.75 bits per heavy atom. The molecule has 4 N–H and O–H groups in total. The third-order valence-electron chi connectivity index (χ3n) is 2.77. The van der Waals surface area contributed by atoms with Gasteiger partial charge in [-0.3, -0.25) is 0 Å². The summed E-state index contributed by atoms with van der Waals surface area (Å²) in [5, 5.41) is 2.71. The average Bonchev–Trinajstić information content (AvgIpc) is 2.77. The van der Waals surface area contributed by atoms with Crippen LogP contribution >= 0.6 is 15.9 Å². The zero-order valence-electron chi connectivity index (χ0n) is 10.0. The van der Waals surface area contributed by atoms with E-state index in [2.05, 4.69) is 31.2 Å². The predicted octanol–water partition coefficient (Wildman–Crippen LogP) is 3.93. The highest BCUT2D eigenvalue weighted by Crippen LogP contribution is 2.26. The highest BCUT2D eigenvalue weighted by atomic mass is 79.9. The van der Waals surface area contributed by atoms with Crippen molar-refractivity contribution in [1.82, 2.24) is 9.97 Å². The standard InChI is InChI=1S/C13H9BrF2N4/c14-7-4-9(16)11(5-8(7)15)19-13-18-10-2-1-6(17)3-12(10)20-13/h1-5H,17H2,(H2,18,19,20). The summed E-state index contributed by atoms with van der Waals surface area (Å²) in [5.74, 6) is -0.835. The fourth-order valence-corrected chi connectivity index (χ4v) is 2.15. The number of hydrogen-bond acceptors (Lipinski definition) is 3. The van der Waals surface area contributed by atoms with E-state index in [0.717, 1.165) is 12.1 Å². The molecule has 0 aliphatic heterocycles. The molecule has 0 aliphatic carbocycles. The number of nitrogens with two attached hydrogens (primary N) is 1. The van der Waals surface area contributed by atoms with Gasteiger partial charge in [-0.1, -0.05) is 0 Å². The summed E-state index contributed by atoms with van der Waals surface area (Å²) >= 11 is 2.92. The quantitative estimate of drug-likeness (QED) is 0.490. The van der Waals surface area contributed by atoms with Gasteiger partial charge in [0.05, 0.1) is 21.2 Å². The molecule has 0 fully saturated rings. The fourth-order valence-electron chi connectivity index (χ4n) is 1.83. The smallest absolute Gasteiger partial charge is 0.205 e. The molecule has 0 unspecified atom stereocenters. The topological polar surface area (TPSA) is 66.7 Å². The lowest BCUT2D eigenvalue weighted by Gasteiger charge is -2.05. The highest BCUT2D eigenvalue weighted by Gasteiger charge is 2.10. The molecule has 7 heteroatoms. The molecule has 4 nitrogen and oxygen atoms in total. The number of hydrogen-bond donors (Lipinski definition) is 3. The van der Waals surface area contributed by atoms with E-state index >= 15 is 0 Å². The van der Waals surface area contributed by atoms with Gasteiger partial charge in [0.15, 0.2) is 0 Å². The Bertz CT molecular complexity index is 800. The van der Waals surface area contributed by atoms with Gasteiger partial charge < -0.3 is 16.0 Å². The first kappa shape index (κ1) is 12.9. The van der Waals surface area contributed by atoms with E-state index in [1.54, 1.807) is 18.2 Å². The Morgan fingerprint density at radius 1 is 1.15 bits per heavy atom. The van der Waals surface area contributed by atoms with Crippen molar-refractivity contribution in [1.29, 1.82) is 0 Å². The SMILES string of the molecule is Nc1ccc2nc(Nc3cc(F)c(Br)cc3F)[nH]c2c1. The third kappa shape index (κ3) is 2.32. The first-order valence-corrected chi connectivity index (χ1v) is 6.49. The molecule has 0 radical (unpaired) electrons. The number of nitrogens with zero attached hydrogens (tertiary/aromatic N) is 1. The number of rotatable bonds is 2. The molecule has 0 saturated heterocycles. The molecule has 102 valence electrons. The summed E-state index contributed by atoms with van der Waals surface area (Å²) in [6, 6.07) is 7.28. The van der Waals surface area contributed by atoms with Crippen LogP contribution in [0.1, 0.15) is 0 Å². The van der Waals surface area contributed by atoms with Crippen LogP contribution in [0.5, 0.6) is 0 Å². The van der Waals surface area contributed by atoms with Crippen LogP contribution in [0.4, 0.5) is 26.1 Å². The Kier molecular flexibility index (Phi) is 3.06. The second-order valence-electron chi connectivity index (χ2n) is 4.23. The maximum atomic E-state index is 13.7. The summed E-state index contributed by atoms with van der Waals surface area (Å²) in [4.78, 5) is 7.16. The minimum Gasteiger partial charge on any atom is -0.399 e. The van der Waals surface area contributed by atoms with Crippen molar-refractivity contribution in [3.8, 4) is 0 Å². The van der Waals surface area contributed by atoms with Gasteiger partial charge in [0.1, 0.15) is 11.6 Å². The summed E-state index contributed by atoms with van der Waals surface area (Å²) in [6.07, 6.45) is 0. The monoisotopic (exact) mass is 338 g/mol. The number of aromatic nitrogens is 2. The van der Waals surface area contributed by atoms with Crippen LogP contribution in [0, 0.1) is 11.6 Å². The van der Waals surface area contributed by atoms with Gasteiger partial charge in [-0.05, 0) is 40.2 Å². The van der Waals surface area contributed by atoms with E-state index in [0.29, 0.717) is 22.7 Å². The van der Waals surface area contributed by atoms with Gasteiger partial charge in [-0.25, -0.2) is 13.8 Å². The summed E-state index contributed by atoms with van der Waals surface area (Å²) < 4.78 is 27.2. The van der Waals surface area contributed by atoms with Gasteiger partial charge >= 0.3 is 0 Å². The van der Waals surface area contributed by atoms with E-state index in [9.17, 15) is 8.78 Å². The second kappa shape index (κ2) is 4.75. The number of H-pyrrole nitrogens is 1. The Hall–Kier alpha value is -2.15. The van der Waals surface area contributed by atoms with Crippen LogP contribution in [0.25, 0.3) is 11.0 Å². The molecule has 2 aromatic carbocycles. The van der Waals surface area contributed by atoms with Crippen LogP contribution in [0.2, 0.25) is 0 Å². The van der Waals surface area contributed by atoms with Crippen molar-refractivity contribution < 1.29 is 8.78 Å². The van der Waals surface area contributed by atoms with Crippen LogP contribution in [0.15, 0.2) is 34.8 Å². The second-order valence-corrected chi connectivity index (χ2v) is 5.09. The molecule has 0 amide bonds. The van der Waals surface area contributed by atoms with Crippen LogP contribution in [0.3, 0.4) is 0 Å². The van der Waals surface area contributed by atoms with Crippen molar-refractivity contribution >= 4 is 44.3 Å². The Balaban J connectivity index is 1.99. The first-order valence-electron chi connectivity index (χ1n) is 5.70. The molecule has 0 aliphatic rings. The van der Waals surface area contributed by atoms with Crippen LogP contribution in [-0.4, -0.2) is 9.97 Å². The normalized spacial score (nSPS) is 10.9. The maximum absolute atomic E-state index is 13.7. The Labute approximate surface area is 121 Å². The lowest BCUT2D eigenvalue weighted by Crippen LogP contribution is -1.97. The molecule has 3 aromatic rings. The van der Waals surface area contributed by atoms with Crippen molar-refractivity contribution in [3.05, 3.63) is 46.4 Å². The number of anilines is 3. The minimum absolute atomic E-state index is 0.00210. The number of halogens is 3. The van der Waals surface area contributed by atoms with E-state index in [1.807, 2.05) is 0 Å². The average molecular weight is 339 g/mol. The van der Waals surface area contributed by atoms with E-state index in [1.165, 1.54) is 0 Å². The number of benzene rings is 2. The largest absolute Gasteiger partial charge is 0.399 e. The van der Waals surface area contributed by atoms with Crippen LogP contribution in [-0.2, 0) is 0 Å². The molecule has 1 aromatic heterocycles. The van der Waals surface area contributed by atoms with Gasteiger partial charge in [0, 0.05) is 11.8 Å². The molecular formula is C13H9BrF2N4. The van der Waals surface area contributed by atoms with Gasteiger partial charge in [-0.15, -0.1) is 0 Å². The number of aromatic amines is 1. The summed E-state index contributed by atoms with van der Waals surface area (Å²) in [6.45, 7) is 0. The number of fused-ring (bicyclic) bond motifs is 1. The lowest BCUT2D eigenvalue weighted by atomic mass is 10.3. The van der Waals surface area contributed by atoms with Crippen molar-refractivity contribution in [2.45, 2.75) is 0 Å². The number of nitrogens with one attached hydrogen (secondary N) is 2. The molecule has 20 heavy (non-hydrogen) atoms. The molecule has 1 heterocycles. The molecule has 0 spiro atoms. The maximum Gasteiger partial charge on any atom is 0.205 e. The van der Waals surface area contributed by atoms with Crippen molar-refractivity contribution in [3.63, 3.8) is 0 Å². The minimum atomic E-state index is -0.585. The van der Waals surface area contributed by atoms with Gasteiger partial charge in [0.25, 0.3) is 0 Å². The molecule has 3 rings (SSSR count). The van der Waals surface area contributed by atoms with Gasteiger partial charge in [-0.2, -0.15) is 0 Å². The van der Waals surface area contributed by atoms with Gasteiger partial charge in [0.2, 0.25) is 5.95 Å². The van der Waals surface area contributed by atoms with E-state index in [-0.39, 0.29) is 10.2 Å². The van der Waals surface area contributed by atoms with Crippen LogP contribution < -0.4 is 11.1 Å². The number of imidazole rings is 1. The fraction of sp³-hybridized carbons (Fsp3) is 0. The van der Waals surface area contributed by atoms with Crippen molar-refractivity contribution in [2.75, 3.05) is 11.1 Å². The van der Waals surface area contributed by atoms with Crippen molar-refractivity contribution in [2.24, 2.45) is 0 Å². The predicted molar refractivity (Wildman–Crippen MR) is 77.8 cm³/mol. The highest BCUT2D eigenvalue weighted by molar-refractivity contribution is 9.10. The zero-order valence-corrected chi connectivity index (χ0v) is 11.6. The zero-order chi connectivity index (χ0) is 14.3. The summed E-state index contributed by atoms with van der Waals surface area (Å²) in [7, 11) is 0. The summed E-state index contributed by atoms with van der Waals surface area (Å²) in [5.41, 5.74) is 7.65. The van der Waals surface area contributed by atoms with E-state index in [4.69, 9.17) is 5.73 Å². The number of nitrogen functional groups attached to an aromatic ring is 1.